The Bertz CT molecular complexity index is 1710. The molecule has 1 N–H and O–H groups in total. The first-order chi connectivity index (χ1) is 19.4. The molecule has 5 rings (SSSR count). The number of aromatic nitrogens is 3. The van der Waals surface area contributed by atoms with E-state index in [1.165, 1.54) is 7.11 Å². The zero-order valence-corrected chi connectivity index (χ0v) is 23.0. The standard InChI is InChI=1S/C29H27N3O7S/c1-4-37-19-8-11-24-21(13-19)27(20-9-7-18(36-3)14-25(20)39-16-26(33)34)28(29(35)38-5-2)32(24)15-17-6-10-22-23(12-17)31-40-30-22/h6-14H,4-5,15-16H2,1-3H3,(H,33,34). The Morgan fingerprint density at radius 1 is 0.925 bits per heavy atom. The summed E-state index contributed by atoms with van der Waals surface area (Å²) in [7, 11) is 1.51. The number of fused-ring (bicyclic) bond motifs is 2. The van der Waals surface area contributed by atoms with Gasteiger partial charge in [0.15, 0.2) is 6.61 Å². The number of aliphatic carboxylic acids is 1. The van der Waals surface area contributed by atoms with Crippen LogP contribution in [0.15, 0.2) is 54.6 Å². The van der Waals surface area contributed by atoms with Crippen molar-refractivity contribution in [1.29, 1.82) is 0 Å². The molecule has 5 aromatic rings. The van der Waals surface area contributed by atoms with Crippen molar-refractivity contribution in [2.75, 3.05) is 26.9 Å². The number of ether oxygens (including phenoxy) is 4. The lowest BCUT2D eigenvalue weighted by molar-refractivity contribution is -0.139. The zero-order chi connectivity index (χ0) is 28.2. The van der Waals surface area contributed by atoms with E-state index < -0.39 is 18.5 Å². The fourth-order valence-corrected chi connectivity index (χ4v) is 5.16. The van der Waals surface area contributed by atoms with Gasteiger partial charge in [-0.3, -0.25) is 0 Å². The van der Waals surface area contributed by atoms with Gasteiger partial charge in [-0.15, -0.1) is 0 Å². The molecule has 3 aromatic carbocycles. The van der Waals surface area contributed by atoms with E-state index in [1.807, 2.05) is 47.9 Å². The average molecular weight is 562 g/mol. The first-order valence-electron chi connectivity index (χ1n) is 12.6. The highest BCUT2D eigenvalue weighted by atomic mass is 32.1. The van der Waals surface area contributed by atoms with Crippen molar-refractivity contribution in [2.24, 2.45) is 0 Å². The molecular weight excluding hydrogens is 534 g/mol. The molecule has 0 aliphatic rings. The molecule has 0 atom stereocenters. The molecule has 0 radical (unpaired) electrons. The maximum absolute atomic E-state index is 13.6. The molecular formula is C29H27N3O7S. The summed E-state index contributed by atoms with van der Waals surface area (Å²) in [6.45, 7) is 4.04. The number of nitrogens with zero attached hydrogens (tertiary/aromatic N) is 3. The number of carbonyl (C=O) groups excluding carboxylic acids is 1. The fraction of sp³-hybridized carbons (Fsp3) is 0.241. The minimum atomic E-state index is -1.13. The lowest BCUT2D eigenvalue weighted by Crippen LogP contribution is -2.14. The average Bonchev–Trinajstić information content (AvgIpc) is 3.54. The first-order valence-corrected chi connectivity index (χ1v) is 13.4. The maximum atomic E-state index is 13.6. The quantitative estimate of drug-likeness (QED) is 0.211. The van der Waals surface area contributed by atoms with Gasteiger partial charge in [0.05, 0.1) is 32.1 Å². The van der Waals surface area contributed by atoms with Gasteiger partial charge in [0, 0.05) is 34.6 Å². The number of rotatable bonds is 11. The molecule has 0 fully saturated rings. The van der Waals surface area contributed by atoms with Crippen molar-refractivity contribution in [3.05, 3.63) is 65.9 Å². The van der Waals surface area contributed by atoms with Crippen LogP contribution < -0.4 is 14.2 Å². The van der Waals surface area contributed by atoms with E-state index in [2.05, 4.69) is 8.75 Å². The van der Waals surface area contributed by atoms with Gasteiger partial charge in [0.2, 0.25) is 0 Å². The highest BCUT2D eigenvalue weighted by Crippen LogP contribution is 2.43. The minimum Gasteiger partial charge on any atom is -0.497 e. The van der Waals surface area contributed by atoms with Crippen LogP contribution in [0.25, 0.3) is 33.1 Å². The zero-order valence-electron chi connectivity index (χ0n) is 22.2. The second-order valence-corrected chi connectivity index (χ2v) is 9.30. The maximum Gasteiger partial charge on any atom is 0.355 e. The molecule has 0 aliphatic carbocycles. The SMILES string of the molecule is CCOC(=O)c1c(-c2ccc(OC)cc2OCC(=O)O)c2cc(OCC)ccc2n1Cc1ccc2nsnc2c1. The van der Waals surface area contributed by atoms with Crippen LogP contribution in [-0.2, 0) is 16.1 Å². The third-order valence-corrected chi connectivity index (χ3v) is 6.84. The summed E-state index contributed by atoms with van der Waals surface area (Å²) in [5.41, 5.74) is 4.61. The van der Waals surface area contributed by atoms with E-state index in [9.17, 15) is 14.7 Å². The molecule has 10 nitrogen and oxygen atoms in total. The summed E-state index contributed by atoms with van der Waals surface area (Å²) in [5, 5.41) is 10.0. The largest absolute Gasteiger partial charge is 0.497 e. The summed E-state index contributed by atoms with van der Waals surface area (Å²) in [6, 6.07) is 16.5. The minimum absolute atomic E-state index is 0.172. The van der Waals surface area contributed by atoms with E-state index in [0.717, 1.165) is 39.2 Å². The number of benzene rings is 3. The normalized spacial score (nSPS) is 11.1. The van der Waals surface area contributed by atoms with E-state index in [0.29, 0.717) is 41.5 Å². The lowest BCUT2D eigenvalue weighted by Gasteiger charge is -2.15. The van der Waals surface area contributed by atoms with Crippen molar-refractivity contribution in [1.82, 2.24) is 13.3 Å². The van der Waals surface area contributed by atoms with Crippen LogP contribution in [0, 0.1) is 0 Å². The van der Waals surface area contributed by atoms with Crippen molar-refractivity contribution in [2.45, 2.75) is 20.4 Å². The topological polar surface area (TPSA) is 122 Å². The van der Waals surface area contributed by atoms with Crippen LogP contribution >= 0.6 is 11.7 Å². The molecule has 0 spiro atoms. The van der Waals surface area contributed by atoms with Gasteiger partial charge in [-0.05, 0) is 61.9 Å². The molecule has 0 bridgehead atoms. The van der Waals surface area contributed by atoms with Crippen molar-refractivity contribution in [3.63, 3.8) is 0 Å². The summed E-state index contributed by atoms with van der Waals surface area (Å²) in [4.78, 5) is 25.0. The molecule has 0 saturated carbocycles. The molecule has 0 saturated heterocycles. The predicted octanol–water partition coefficient (Wildman–Crippen LogP) is 5.41. The Hall–Kier alpha value is -4.64. The Balaban J connectivity index is 1.79. The lowest BCUT2D eigenvalue weighted by atomic mass is 10.00. The van der Waals surface area contributed by atoms with Crippen LogP contribution in [0.5, 0.6) is 17.2 Å². The monoisotopic (exact) mass is 561 g/mol. The first kappa shape index (κ1) is 26.9. The third-order valence-electron chi connectivity index (χ3n) is 6.28. The molecule has 0 unspecified atom stereocenters. The van der Waals surface area contributed by atoms with Crippen molar-refractivity contribution in [3.8, 4) is 28.4 Å². The van der Waals surface area contributed by atoms with Crippen molar-refractivity contribution >= 4 is 45.6 Å². The van der Waals surface area contributed by atoms with E-state index in [1.54, 1.807) is 25.1 Å². The van der Waals surface area contributed by atoms with Gasteiger partial charge in [-0.2, -0.15) is 8.75 Å². The van der Waals surface area contributed by atoms with Gasteiger partial charge in [0.1, 0.15) is 34.0 Å². The van der Waals surface area contributed by atoms with Gasteiger partial charge in [0.25, 0.3) is 0 Å². The molecule has 40 heavy (non-hydrogen) atoms. The number of hydrogen-bond donors (Lipinski definition) is 1. The molecule has 0 amide bonds. The molecule has 2 heterocycles. The molecule has 2 aromatic heterocycles. The van der Waals surface area contributed by atoms with Crippen molar-refractivity contribution < 1.29 is 33.6 Å². The predicted molar refractivity (Wildman–Crippen MR) is 151 cm³/mol. The smallest absolute Gasteiger partial charge is 0.355 e. The van der Waals surface area contributed by atoms with Gasteiger partial charge < -0.3 is 28.6 Å². The Morgan fingerprint density at radius 2 is 1.73 bits per heavy atom. The number of methoxy groups -OCH3 is 1. The van der Waals surface area contributed by atoms with Crippen LogP contribution in [-0.4, -0.2) is 57.3 Å². The van der Waals surface area contributed by atoms with Crippen LogP contribution in [0.1, 0.15) is 29.9 Å². The van der Waals surface area contributed by atoms with Gasteiger partial charge in [-0.1, -0.05) is 6.07 Å². The van der Waals surface area contributed by atoms with E-state index >= 15 is 0 Å². The summed E-state index contributed by atoms with van der Waals surface area (Å²) in [6.07, 6.45) is 0. The fourth-order valence-electron chi connectivity index (χ4n) is 4.64. The Kier molecular flexibility index (Phi) is 7.83. The number of hydrogen-bond acceptors (Lipinski definition) is 9. The third kappa shape index (κ3) is 5.28. The second kappa shape index (κ2) is 11.6. The number of esters is 1. The second-order valence-electron chi connectivity index (χ2n) is 8.77. The number of carbonyl (C=O) groups is 2. The summed E-state index contributed by atoms with van der Waals surface area (Å²) in [5.74, 6) is -0.301. The Morgan fingerprint density at radius 3 is 2.48 bits per heavy atom. The highest BCUT2D eigenvalue weighted by molar-refractivity contribution is 7.00. The molecule has 206 valence electrons. The van der Waals surface area contributed by atoms with E-state index in [4.69, 9.17) is 18.9 Å². The highest BCUT2D eigenvalue weighted by Gasteiger charge is 2.28. The van der Waals surface area contributed by atoms with Gasteiger partial charge in [-0.25, -0.2) is 9.59 Å². The molecule has 0 aliphatic heterocycles. The number of carboxylic acid groups (broad SMARTS) is 1. The molecule has 11 heteroatoms. The van der Waals surface area contributed by atoms with Crippen LogP contribution in [0.3, 0.4) is 0 Å². The van der Waals surface area contributed by atoms with Crippen LogP contribution in [0.4, 0.5) is 0 Å². The van der Waals surface area contributed by atoms with Crippen LogP contribution in [0.2, 0.25) is 0 Å². The van der Waals surface area contributed by atoms with E-state index in [-0.39, 0.29) is 12.4 Å². The Labute approximate surface area is 234 Å². The summed E-state index contributed by atoms with van der Waals surface area (Å²) < 4.78 is 32.9. The number of carboxylic acids is 1. The summed E-state index contributed by atoms with van der Waals surface area (Å²) >= 11 is 1.14. The van der Waals surface area contributed by atoms with Gasteiger partial charge >= 0.3 is 11.9 Å².